The van der Waals surface area contributed by atoms with Crippen LogP contribution in [0.25, 0.3) is 11.3 Å². The van der Waals surface area contributed by atoms with Crippen molar-refractivity contribution < 1.29 is 18.9 Å². The third kappa shape index (κ3) is 6.57. The summed E-state index contributed by atoms with van der Waals surface area (Å²) in [7, 11) is 0. The summed E-state index contributed by atoms with van der Waals surface area (Å²) in [6.07, 6.45) is 0.533. The molecule has 0 spiro atoms. The summed E-state index contributed by atoms with van der Waals surface area (Å²) < 4.78 is 13.9. The molecule has 1 atom stereocenters. The van der Waals surface area contributed by atoms with Gasteiger partial charge >= 0.3 is 0 Å². The molecular weight excluding hydrogens is 515 g/mol. The van der Waals surface area contributed by atoms with Gasteiger partial charge in [0.05, 0.1) is 21.4 Å². The van der Waals surface area contributed by atoms with E-state index >= 15 is 0 Å². The quantitative estimate of drug-likeness (QED) is 0.141. The predicted molar refractivity (Wildman–Crippen MR) is 144 cm³/mol. The van der Waals surface area contributed by atoms with E-state index in [4.69, 9.17) is 0 Å². The molecule has 0 saturated heterocycles. The van der Waals surface area contributed by atoms with E-state index in [-0.39, 0.29) is 17.2 Å². The molecule has 3 aromatic carbocycles. The fourth-order valence-corrected chi connectivity index (χ4v) is 5.14. The first kappa shape index (κ1) is 26.0. The van der Waals surface area contributed by atoms with Gasteiger partial charge in [0, 0.05) is 33.7 Å². The van der Waals surface area contributed by atoms with Crippen LogP contribution >= 0.6 is 23.1 Å². The van der Waals surface area contributed by atoms with Crippen molar-refractivity contribution >= 4 is 51.4 Å². The second kappa shape index (κ2) is 11.8. The highest BCUT2D eigenvalue weighted by molar-refractivity contribution is 8.00. The first-order valence-corrected chi connectivity index (χ1v) is 12.9. The van der Waals surface area contributed by atoms with Crippen LogP contribution in [0.1, 0.15) is 23.7 Å². The van der Waals surface area contributed by atoms with Crippen molar-refractivity contribution in [2.24, 2.45) is 0 Å². The number of thioether (sulfide) groups is 1. The summed E-state index contributed by atoms with van der Waals surface area (Å²) in [5, 5.41) is 18.2. The van der Waals surface area contributed by atoms with E-state index in [1.54, 1.807) is 41.8 Å². The highest BCUT2D eigenvalue weighted by Gasteiger charge is 2.20. The average molecular weight is 537 g/mol. The van der Waals surface area contributed by atoms with E-state index in [2.05, 4.69) is 15.6 Å². The molecule has 4 aromatic rings. The standard InChI is InChI=1S/C26H21FN4O4S2/c1-2-23(25(33)30-26-29-22(15-36-26)16-7-5-9-18(13-16)31(34)35)37-19-10-6-8-17(14-19)28-24(32)20-11-3-4-12-21(20)27/h3-15,23H,2H2,1H3,(H,28,32)(H,29,30,33). The molecule has 188 valence electrons. The molecule has 11 heteroatoms. The number of nitro groups is 1. The van der Waals surface area contributed by atoms with Gasteiger partial charge in [-0.1, -0.05) is 37.3 Å². The monoisotopic (exact) mass is 536 g/mol. The minimum atomic E-state index is -0.607. The third-order valence-electron chi connectivity index (χ3n) is 5.24. The zero-order chi connectivity index (χ0) is 26.4. The zero-order valence-electron chi connectivity index (χ0n) is 19.5. The normalized spacial score (nSPS) is 11.5. The number of non-ortho nitro benzene ring substituents is 1. The number of hydrogen-bond donors (Lipinski definition) is 2. The van der Waals surface area contributed by atoms with E-state index in [0.29, 0.717) is 28.5 Å². The molecule has 0 aliphatic carbocycles. The number of nitrogens with one attached hydrogen (secondary N) is 2. The Morgan fingerprint density at radius 3 is 2.62 bits per heavy atom. The molecule has 1 aromatic heterocycles. The minimum Gasteiger partial charge on any atom is -0.322 e. The largest absolute Gasteiger partial charge is 0.322 e. The van der Waals surface area contributed by atoms with Crippen LogP contribution < -0.4 is 10.6 Å². The Balaban J connectivity index is 1.41. The third-order valence-corrected chi connectivity index (χ3v) is 7.35. The molecule has 0 fully saturated rings. The average Bonchev–Trinajstić information content (AvgIpc) is 3.36. The molecular formula is C26H21FN4O4S2. The number of thiazole rings is 1. The Kier molecular flexibility index (Phi) is 8.26. The van der Waals surface area contributed by atoms with Gasteiger partial charge < -0.3 is 10.6 Å². The van der Waals surface area contributed by atoms with Crippen LogP contribution in [0.15, 0.2) is 83.1 Å². The number of nitrogens with zero attached hydrogens (tertiary/aromatic N) is 2. The fraction of sp³-hybridized carbons (Fsp3) is 0.115. The number of carbonyl (C=O) groups excluding carboxylic acids is 2. The smallest absolute Gasteiger partial charge is 0.270 e. The van der Waals surface area contributed by atoms with Gasteiger partial charge in [-0.15, -0.1) is 23.1 Å². The van der Waals surface area contributed by atoms with Crippen LogP contribution in [0, 0.1) is 15.9 Å². The molecule has 0 aliphatic heterocycles. The van der Waals surface area contributed by atoms with Crippen LogP contribution in [0.3, 0.4) is 0 Å². The van der Waals surface area contributed by atoms with Gasteiger partial charge in [-0.05, 0) is 36.8 Å². The molecule has 4 rings (SSSR count). The number of anilines is 2. The van der Waals surface area contributed by atoms with E-state index in [1.165, 1.54) is 53.4 Å². The summed E-state index contributed by atoms with van der Waals surface area (Å²) in [4.78, 5) is 41.1. The van der Waals surface area contributed by atoms with Crippen molar-refractivity contribution in [2.75, 3.05) is 10.6 Å². The summed E-state index contributed by atoms with van der Waals surface area (Å²) in [5.41, 5.74) is 1.50. The summed E-state index contributed by atoms with van der Waals surface area (Å²) in [5.74, 6) is -1.41. The van der Waals surface area contributed by atoms with E-state index in [9.17, 15) is 24.1 Å². The van der Waals surface area contributed by atoms with Gasteiger partial charge in [0.15, 0.2) is 5.13 Å². The second-order valence-electron chi connectivity index (χ2n) is 7.81. The lowest BCUT2D eigenvalue weighted by molar-refractivity contribution is -0.384. The van der Waals surface area contributed by atoms with Crippen molar-refractivity contribution in [1.29, 1.82) is 0 Å². The number of amides is 2. The zero-order valence-corrected chi connectivity index (χ0v) is 21.1. The Labute approximate surface area is 220 Å². The number of hydrogen-bond acceptors (Lipinski definition) is 7. The Morgan fingerprint density at radius 2 is 1.86 bits per heavy atom. The molecule has 2 amide bonds. The maximum Gasteiger partial charge on any atom is 0.270 e. The molecule has 2 N–H and O–H groups in total. The van der Waals surface area contributed by atoms with Crippen molar-refractivity contribution in [2.45, 2.75) is 23.5 Å². The Morgan fingerprint density at radius 1 is 1.08 bits per heavy atom. The molecule has 0 radical (unpaired) electrons. The maximum atomic E-state index is 13.9. The lowest BCUT2D eigenvalue weighted by Gasteiger charge is -2.14. The SMILES string of the molecule is CCC(Sc1cccc(NC(=O)c2ccccc2F)c1)C(=O)Nc1nc(-c2cccc([N+](=O)[O-])c2)cs1. The van der Waals surface area contributed by atoms with E-state index < -0.39 is 21.9 Å². The van der Waals surface area contributed by atoms with Crippen molar-refractivity contribution in [3.8, 4) is 11.3 Å². The molecule has 1 heterocycles. The number of halogens is 1. The van der Waals surface area contributed by atoms with Gasteiger partial charge in [-0.25, -0.2) is 9.37 Å². The van der Waals surface area contributed by atoms with Crippen LogP contribution in [0.5, 0.6) is 0 Å². The number of rotatable bonds is 9. The van der Waals surface area contributed by atoms with Gasteiger partial charge in [-0.3, -0.25) is 19.7 Å². The fourth-order valence-electron chi connectivity index (χ4n) is 3.41. The molecule has 0 bridgehead atoms. The predicted octanol–water partition coefficient (Wildman–Crippen LogP) is 6.62. The lowest BCUT2D eigenvalue weighted by atomic mass is 10.1. The Bertz CT molecular complexity index is 1460. The van der Waals surface area contributed by atoms with Crippen LogP contribution in [0.4, 0.5) is 20.9 Å². The van der Waals surface area contributed by atoms with Gasteiger partial charge in [0.25, 0.3) is 11.6 Å². The van der Waals surface area contributed by atoms with Crippen LogP contribution in [0.2, 0.25) is 0 Å². The Hall–Kier alpha value is -4.09. The molecule has 1 unspecified atom stereocenters. The number of aromatic nitrogens is 1. The van der Waals surface area contributed by atoms with Crippen molar-refractivity contribution in [1.82, 2.24) is 4.98 Å². The molecule has 37 heavy (non-hydrogen) atoms. The number of nitro benzene ring substituents is 1. The van der Waals surface area contributed by atoms with Crippen molar-refractivity contribution in [3.63, 3.8) is 0 Å². The number of benzene rings is 3. The first-order chi connectivity index (χ1) is 17.8. The highest BCUT2D eigenvalue weighted by Crippen LogP contribution is 2.31. The maximum absolute atomic E-state index is 13.9. The summed E-state index contributed by atoms with van der Waals surface area (Å²) >= 11 is 2.56. The van der Waals surface area contributed by atoms with Gasteiger partial charge in [0.2, 0.25) is 5.91 Å². The van der Waals surface area contributed by atoms with Gasteiger partial charge in [0.1, 0.15) is 5.82 Å². The van der Waals surface area contributed by atoms with Crippen molar-refractivity contribution in [3.05, 3.63) is 99.7 Å². The second-order valence-corrected chi connectivity index (χ2v) is 9.95. The molecule has 0 saturated carbocycles. The minimum absolute atomic E-state index is 0.0362. The highest BCUT2D eigenvalue weighted by atomic mass is 32.2. The number of carbonyl (C=O) groups is 2. The molecule has 0 aliphatic rings. The van der Waals surface area contributed by atoms with Crippen LogP contribution in [-0.4, -0.2) is 27.0 Å². The topological polar surface area (TPSA) is 114 Å². The van der Waals surface area contributed by atoms with E-state index in [1.807, 2.05) is 13.0 Å². The summed E-state index contributed by atoms with van der Waals surface area (Å²) in [6.45, 7) is 1.89. The summed E-state index contributed by atoms with van der Waals surface area (Å²) in [6, 6.07) is 18.9. The van der Waals surface area contributed by atoms with E-state index in [0.717, 1.165) is 4.90 Å². The van der Waals surface area contributed by atoms with Crippen LogP contribution in [-0.2, 0) is 4.79 Å². The molecule has 8 nitrogen and oxygen atoms in total. The first-order valence-electron chi connectivity index (χ1n) is 11.2. The lowest BCUT2D eigenvalue weighted by Crippen LogP contribution is -2.24. The van der Waals surface area contributed by atoms with Gasteiger partial charge in [-0.2, -0.15) is 0 Å².